The number of nitrogens with one attached hydrogen (secondary N) is 2. The number of hydrogen-bond acceptors (Lipinski definition) is 5. The first-order chi connectivity index (χ1) is 16.3. The van der Waals surface area contributed by atoms with Gasteiger partial charge in [-0.3, -0.25) is 14.4 Å². The van der Waals surface area contributed by atoms with Gasteiger partial charge in [-0.25, -0.2) is 14.4 Å². The van der Waals surface area contributed by atoms with E-state index in [-0.39, 0.29) is 33.9 Å². The van der Waals surface area contributed by atoms with Crippen LogP contribution in [-0.4, -0.2) is 27.6 Å². The van der Waals surface area contributed by atoms with Gasteiger partial charge in [0.1, 0.15) is 23.5 Å². The van der Waals surface area contributed by atoms with Crippen LogP contribution in [0.15, 0.2) is 54.9 Å². The SMILES string of the molecule is [2H]C([2H])(NC(=O)c1cc(C(=O)NC([2H])([2H])c2ccc(F)c(C)c2)ncn1)c1ccc(C(C)=O)cc1. The Hall–Kier alpha value is -3.94. The minimum absolute atomic E-state index is 0.0146. The quantitative estimate of drug-likeness (QED) is 0.568. The largest absolute Gasteiger partial charge is 0.347 e. The van der Waals surface area contributed by atoms with Gasteiger partial charge in [0, 0.05) is 24.6 Å². The fourth-order valence-electron chi connectivity index (χ4n) is 2.50. The van der Waals surface area contributed by atoms with Crippen LogP contribution in [0.3, 0.4) is 0 Å². The van der Waals surface area contributed by atoms with E-state index in [0.717, 1.165) is 18.5 Å². The lowest BCUT2D eigenvalue weighted by molar-refractivity contribution is 0.0942. The molecule has 3 aromatic rings. The number of Topliss-reactive ketones (excluding diaryl/α,β-unsaturated/α-hetero) is 1. The fraction of sp³-hybridized carbons (Fsp3) is 0.174. The van der Waals surface area contributed by atoms with Gasteiger partial charge in [0.25, 0.3) is 11.8 Å². The normalized spacial score (nSPS) is 13.3. The monoisotopic (exact) mass is 424 g/mol. The van der Waals surface area contributed by atoms with Crippen molar-refractivity contribution in [3.63, 3.8) is 0 Å². The molecule has 2 aromatic carbocycles. The van der Waals surface area contributed by atoms with Crippen LogP contribution in [0.25, 0.3) is 0 Å². The van der Waals surface area contributed by atoms with Gasteiger partial charge in [0.15, 0.2) is 5.78 Å². The van der Waals surface area contributed by atoms with Gasteiger partial charge >= 0.3 is 0 Å². The number of ketones is 1. The van der Waals surface area contributed by atoms with Crippen LogP contribution in [-0.2, 0) is 13.0 Å². The third kappa shape index (κ3) is 5.79. The van der Waals surface area contributed by atoms with Crippen molar-refractivity contribution in [2.45, 2.75) is 26.8 Å². The van der Waals surface area contributed by atoms with Crippen molar-refractivity contribution < 1.29 is 24.3 Å². The minimum atomic E-state index is -2.37. The highest BCUT2D eigenvalue weighted by Crippen LogP contribution is 2.09. The van der Waals surface area contributed by atoms with E-state index in [2.05, 4.69) is 20.6 Å². The Morgan fingerprint density at radius 2 is 1.45 bits per heavy atom. The van der Waals surface area contributed by atoms with Gasteiger partial charge < -0.3 is 10.6 Å². The average molecular weight is 424 g/mol. The second kappa shape index (κ2) is 9.71. The molecule has 7 nitrogen and oxygen atoms in total. The molecule has 0 unspecified atom stereocenters. The van der Waals surface area contributed by atoms with Gasteiger partial charge in [-0.15, -0.1) is 0 Å². The zero-order valence-electron chi connectivity index (χ0n) is 20.7. The Morgan fingerprint density at radius 1 is 0.903 bits per heavy atom. The van der Waals surface area contributed by atoms with E-state index in [0.29, 0.717) is 5.56 Å². The zero-order valence-corrected chi connectivity index (χ0v) is 16.7. The first-order valence-electron chi connectivity index (χ1n) is 11.2. The summed E-state index contributed by atoms with van der Waals surface area (Å²) >= 11 is 0. The molecule has 0 aliphatic heterocycles. The molecule has 2 N–H and O–H groups in total. The van der Waals surface area contributed by atoms with Crippen molar-refractivity contribution in [3.05, 3.63) is 94.3 Å². The van der Waals surface area contributed by atoms with Crippen LogP contribution in [0.4, 0.5) is 4.39 Å². The first-order valence-corrected chi connectivity index (χ1v) is 9.15. The van der Waals surface area contributed by atoms with Gasteiger partial charge in [0.2, 0.25) is 0 Å². The number of halogens is 1. The Labute approximate surface area is 184 Å². The van der Waals surface area contributed by atoms with Crippen molar-refractivity contribution in [1.29, 1.82) is 0 Å². The highest BCUT2D eigenvalue weighted by Gasteiger charge is 2.13. The Bertz CT molecular complexity index is 1300. The molecule has 0 aliphatic rings. The molecule has 0 fully saturated rings. The average Bonchev–Trinajstić information content (AvgIpc) is 2.80. The number of nitrogens with zero attached hydrogens (tertiary/aromatic N) is 2. The molecule has 0 radical (unpaired) electrons. The molecule has 0 bridgehead atoms. The number of amides is 2. The van der Waals surface area contributed by atoms with Crippen molar-refractivity contribution in [2.75, 3.05) is 0 Å². The van der Waals surface area contributed by atoms with Gasteiger partial charge in [-0.2, -0.15) is 0 Å². The van der Waals surface area contributed by atoms with Crippen LogP contribution in [0.2, 0.25) is 0 Å². The molecule has 0 atom stereocenters. The van der Waals surface area contributed by atoms with Crippen LogP contribution >= 0.6 is 0 Å². The van der Waals surface area contributed by atoms with E-state index in [9.17, 15) is 18.8 Å². The van der Waals surface area contributed by atoms with E-state index in [1.807, 2.05) is 0 Å². The summed E-state index contributed by atoms with van der Waals surface area (Å²) in [5.41, 5.74) is 0.0306. The molecule has 0 saturated carbocycles. The van der Waals surface area contributed by atoms with E-state index in [4.69, 9.17) is 5.48 Å². The van der Waals surface area contributed by atoms with Crippen LogP contribution in [0, 0.1) is 12.7 Å². The van der Waals surface area contributed by atoms with Gasteiger partial charge in [-0.05, 0) is 36.6 Å². The van der Waals surface area contributed by atoms with Crippen molar-refractivity contribution in [1.82, 2.24) is 20.6 Å². The topological polar surface area (TPSA) is 101 Å². The lowest BCUT2D eigenvalue weighted by Crippen LogP contribution is -2.27. The number of rotatable bonds is 7. The van der Waals surface area contributed by atoms with Crippen LogP contribution in [0.1, 0.15) is 60.4 Å². The fourth-order valence-corrected chi connectivity index (χ4v) is 2.50. The molecule has 1 aromatic heterocycles. The zero-order chi connectivity index (χ0) is 26.0. The second-order valence-corrected chi connectivity index (χ2v) is 6.54. The summed E-state index contributed by atoms with van der Waals surface area (Å²) < 4.78 is 46.1. The third-order valence-corrected chi connectivity index (χ3v) is 4.22. The third-order valence-electron chi connectivity index (χ3n) is 4.22. The van der Waals surface area contributed by atoms with Gasteiger partial charge in [0.05, 0.1) is 5.48 Å². The predicted molar refractivity (Wildman–Crippen MR) is 112 cm³/mol. The second-order valence-electron chi connectivity index (χ2n) is 6.54. The molecule has 8 heteroatoms. The van der Waals surface area contributed by atoms with E-state index in [1.54, 1.807) is 0 Å². The smallest absolute Gasteiger partial charge is 0.270 e. The molecule has 3 rings (SSSR count). The van der Waals surface area contributed by atoms with Crippen LogP contribution < -0.4 is 10.6 Å². The highest BCUT2D eigenvalue weighted by molar-refractivity contribution is 5.97. The molecule has 0 aliphatic carbocycles. The van der Waals surface area contributed by atoms with E-state index in [1.165, 1.54) is 50.2 Å². The number of hydrogen-bond donors (Lipinski definition) is 2. The molecule has 0 saturated heterocycles. The molecular formula is C23H21FN4O3. The first kappa shape index (κ1) is 16.8. The van der Waals surface area contributed by atoms with Crippen molar-refractivity contribution >= 4 is 17.6 Å². The van der Waals surface area contributed by atoms with E-state index < -0.39 is 30.6 Å². The maximum Gasteiger partial charge on any atom is 0.270 e. The van der Waals surface area contributed by atoms with Crippen molar-refractivity contribution in [3.8, 4) is 0 Å². The summed E-state index contributed by atoms with van der Waals surface area (Å²) in [5.74, 6) is -2.61. The summed E-state index contributed by atoms with van der Waals surface area (Å²) in [6.45, 7) is -1.85. The minimum Gasteiger partial charge on any atom is -0.347 e. The molecule has 31 heavy (non-hydrogen) atoms. The molecular weight excluding hydrogens is 399 g/mol. The summed E-state index contributed by atoms with van der Waals surface area (Å²) in [4.78, 5) is 44.2. The summed E-state index contributed by atoms with van der Waals surface area (Å²) in [5, 5.41) is 4.31. The number of carbonyl (C=O) groups excluding carboxylic acids is 3. The lowest BCUT2D eigenvalue weighted by Gasteiger charge is -2.08. The molecule has 2 amide bonds. The van der Waals surface area contributed by atoms with Gasteiger partial charge in [-0.1, -0.05) is 36.4 Å². The number of carbonyl (C=O) groups is 3. The summed E-state index contributed by atoms with van der Waals surface area (Å²) in [6.07, 6.45) is 0.915. The molecule has 158 valence electrons. The Morgan fingerprint density at radius 3 is 2.00 bits per heavy atom. The van der Waals surface area contributed by atoms with E-state index >= 15 is 0 Å². The number of benzene rings is 2. The predicted octanol–water partition coefficient (Wildman–Crippen LogP) is 2.99. The highest BCUT2D eigenvalue weighted by atomic mass is 19.1. The standard InChI is InChI=1S/C23H21FN4O3/c1-14-9-17(5-8-19(14)24)12-26-23(31)21-10-20(27-13-28-21)22(30)25-11-16-3-6-18(7-4-16)15(2)29/h3-10,13H,11-12H2,1-2H3,(H,25,30)(H,26,31)/i11D2,12D2. The maximum atomic E-state index is 13.5. The van der Waals surface area contributed by atoms with Crippen LogP contribution in [0.5, 0.6) is 0 Å². The Balaban J connectivity index is 1.76. The summed E-state index contributed by atoms with van der Waals surface area (Å²) in [6, 6.07) is 10.2. The summed E-state index contributed by atoms with van der Waals surface area (Å²) in [7, 11) is 0. The Kier molecular flexibility index (Phi) is 5.27. The molecule has 0 spiro atoms. The van der Waals surface area contributed by atoms with Crippen molar-refractivity contribution in [2.24, 2.45) is 0 Å². The maximum absolute atomic E-state index is 13.5. The lowest BCUT2D eigenvalue weighted by atomic mass is 10.1. The number of aryl methyl sites for hydroxylation is 1. The number of aromatic nitrogens is 2. The molecule has 1 heterocycles.